The van der Waals surface area contributed by atoms with E-state index in [0.29, 0.717) is 30.1 Å². The van der Waals surface area contributed by atoms with E-state index >= 15 is 0 Å². The number of nitrogens with two attached hydrogens (primary N) is 1. The number of hydrogen-bond acceptors (Lipinski definition) is 5. The molecule has 6 rings (SSSR count). The van der Waals surface area contributed by atoms with Crippen molar-refractivity contribution in [3.05, 3.63) is 47.2 Å². The molecule has 9 nitrogen and oxygen atoms in total. The lowest BCUT2D eigenvalue weighted by Gasteiger charge is -2.35. The Hall–Kier alpha value is -3.72. The number of ether oxygens (including phenoxy) is 1. The Morgan fingerprint density at radius 3 is 2.43 bits per heavy atom. The standard InChI is InChI=1S/C28H32N6O3/c1-15-12-33(13-16(2)37-15)28(36)19-7-8-21-22-9-20(25-17(3)30-31-32(25)4)10-23(27(29)35)26(22)34(24(21)11-19)14-18-5-6-18/h7-11,15-16,18H,5-6,12-14H2,1-4H3,(H2,29,35). The predicted molar refractivity (Wildman–Crippen MR) is 141 cm³/mol. The minimum atomic E-state index is -0.480. The van der Waals surface area contributed by atoms with E-state index in [-0.39, 0.29) is 18.1 Å². The molecule has 37 heavy (non-hydrogen) atoms. The van der Waals surface area contributed by atoms with E-state index < -0.39 is 5.91 Å². The molecular formula is C28H32N6O3. The van der Waals surface area contributed by atoms with Gasteiger partial charge >= 0.3 is 0 Å². The summed E-state index contributed by atoms with van der Waals surface area (Å²) in [5.41, 5.74) is 11.3. The van der Waals surface area contributed by atoms with Gasteiger partial charge in [0.1, 0.15) is 0 Å². The van der Waals surface area contributed by atoms with Crippen molar-refractivity contribution < 1.29 is 14.3 Å². The van der Waals surface area contributed by atoms with Crippen LogP contribution in [0.25, 0.3) is 33.1 Å². The number of rotatable bonds is 5. The van der Waals surface area contributed by atoms with Crippen molar-refractivity contribution in [1.82, 2.24) is 24.5 Å². The predicted octanol–water partition coefficient (Wildman–Crippen LogP) is 3.66. The zero-order chi connectivity index (χ0) is 26.0. The van der Waals surface area contributed by atoms with E-state index in [4.69, 9.17) is 10.5 Å². The molecule has 0 bridgehead atoms. The molecule has 2 fully saturated rings. The number of carbonyl (C=O) groups is 2. The lowest BCUT2D eigenvalue weighted by molar-refractivity contribution is -0.0586. The fourth-order valence-corrected chi connectivity index (χ4v) is 5.82. The number of primary amides is 1. The van der Waals surface area contributed by atoms with Crippen LogP contribution in [-0.4, -0.2) is 61.6 Å². The van der Waals surface area contributed by atoms with Crippen LogP contribution in [0.2, 0.25) is 0 Å². The SMILES string of the molecule is Cc1nnn(C)c1-c1cc(C(N)=O)c2c(c1)c1ccc(C(=O)N3CC(C)OC(C)C3)cc1n2CC1CC1. The topological polar surface area (TPSA) is 108 Å². The number of fused-ring (bicyclic) bond motifs is 3. The summed E-state index contributed by atoms with van der Waals surface area (Å²) >= 11 is 0. The molecule has 1 saturated carbocycles. The molecule has 0 radical (unpaired) electrons. The molecule has 192 valence electrons. The van der Waals surface area contributed by atoms with Crippen LogP contribution in [0.3, 0.4) is 0 Å². The summed E-state index contributed by atoms with van der Waals surface area (Å²) in [5, 5.41) is 10.3. The summed E-state index contributed by atoms with van der Waals surface area (Å²) < 4.78 is 9.73. The Morgan fingerprint density at radius 1 is 1.08 bits per heavy atom. The lowest BCUT2D eigenvalue weighted by atomic mass is 10.0. The van der Waals surface area contributed by atoms with Crippen LogP contribution < -0.4 is 5.73 Å². The Balaban J connectivity index is 1.56. The molecule has 2 aromatic heterocycles. The largest absolute Gasteiger partial charge is 0.372 e. The van der Waals surface area contributed by atoms with E-state index in [1.165, 1.54) is 0 Å². The van der Waals surface area contributed by atoms with Crippen molar-refractivity contribution in [2.75, 3.05) is 13.1 Å². The summed E-state index contributed by atoms with van der Waals surface area (Å²) in [6.45, 7) is 7.82. The molecule has 2 N–H and O–H groups in total. The molecule has 2 amide bonds. The van der Waals surface area contributed by atoms with Crippen molar-refractivity contribution in [3.8, 4) is 11.3 Å². The second-order valence-corrected chi connectivity index (χ2v) is 10.7. The highest BCUT2D eigenvalue weighted by Crippen LogP contribution is 2.39. The Morgan fingerprint density at radius 2 is 1.81 bits per heavy atom. The van der Waals surface area contributed by atoms with Crippen LogP contribution >= 0.6 is 0 Å². The third kappa shape index (κ3) is 4.07. The van der Waals surface area contributed by atoms with Gasteiger partial charge in [0.2, 0.25) is 0 Å². The number of amides is 2. The second kappa shape index (κ2) is 8.69. The van der Waals surface area contributed by atoms with Crippen LogP contribution in [0, 0.1) is 12.8 Å². The number of morpholine rings is 1. The highest BCUT2D eigenvalue weighted by atomic mass is 16.5. The molecular weight excluding hydrogens is 468 g/mol. The zero-order valence-electron chi connectivity index (χ0n) is 21.7. The maximum atomic E-state index is 13.5. The molecule has 2 unspecified atom stereocenters. The van der Waals surface area contributed by atoms with Crippen molar-refractivity contribution in [3.63, 3.8) is 0 Å². The zero-order valence-corrected chi connectivity index (χ0v) is 21.7. The van der Waals surface area contributed by atoms with Gasteiger partial charge in [0.15, 0.2) is 0 Å². The van der Waals surface area contributed by atoms with Gasteiger partial charge in [0.05, 0.1) is 34.7 Å². The first kappa shape index (κ1) is 23.7. The van der Waals surface area contributed by atoms with Crippen LogP contribution in [-0.2, 0) is 18.3 Å². The Bertz CT molecular complexity index is 1530. The molecule has 4 aromatic rings. The van der Waals surface area contributed by atoms with Crippen molar-refractivity contribution in [1.29, 1.82) is 0 Å². The first-order valence-electron chi connectivity index (χ1n) is 12.9. The van der Waals surface area contributed by atoms with Crippen LogP contribution in [0.4, 0.5) is 0 Å². The number of nitrogens with zero attached hydrogens (tertiary/aromatic N) is 5. The lowest BCUT2D eigenvalue weighted by Crippen LogP contribution is -2.48. The fourth-order valence-electron chi connectivity index (χ4n) is 5.82. The normalized spacial score (nSPS) is 20.2. The number of aryl methyl sites for hydroxylation is 2. The van der Waals surface area contributed by atoms with Crippen LogP contribution in [0.1, 0.15) is 53.1 Å². The van der Waals surface area contributed by atoms with E-state index in [0.717, 1.165) is 58.1 Å². The van der Waals surface area contributed by atoms with Gasteiger partial charge in [-0.15, -0.1) is 5.10 Å². The molecule has 2 aliphatic rings. The molecule has 9 heteroatoms. The van der Waals surface area contributed by atoms with Crippen LogP contribution in [0.5, 0.6) is 0 Å². The molecule has 1 saturated heterocycles. The number of hydrogen-bond donors (Lipinski definition) is 1. The van der Waals surface area contributed by atoms with Gasteiger partial charge in [-0.25, -0.2) is 4.68 Å². The first-order valence-corrected chi connectivity index (χ1v) is 12.9. The minimum Gasteiger partial charge on any atom is -0.372 e. The molecule has 3 heterocycles. The van der Waals surface area contributed by atoms with E-state index in [9.17, 15) is 9.59 Å². The highest BCUT2D eigenvalue weighted by Gasteiger charge is 2.29. The van der Waals surface area contributed by atoms with Crippen molar-refractivity contribution >= 4 is 33.6 Å². The molecule has 2 atom stereocenters. The average Bonchev–Trinajstić information content (AvgIpc) is 3.55. The molecule has 2 aromatic carbocycles. The van der Waals surface area contributed by atoms with E-state index in [1.54, 1.807) is 4.68 Å². The van der Waals surface area contributed by atoms with Crippen molar-refractivity contribution in [2.45, 2.75) is 52.4 Å². The summed E-state index contributed by atoms with van der Waals surface area (Å²) in [7, 11) is 1.84. The van der Waals surface area contributed by atoms with Gasteiger partial charge in [0, 0.05) is 54.1 Å². The first-order chi connectivity index (χ1) is 17.7. The van der Waals surface area contributed by atoms with Gasteiger partial charge in [-0.05, 0) is 63.8 Å². The van der Waals surface area contributed by atoms with Crippen LogP contribution in [0.15, 0.2) is 30.3 Å². The van der Waals surface area contributed by atoms with E-state index in [2.05, 4.69) is 20.9 Å². The highest BCUT2D eigenvalue weighted by molar-refractivity contribution is 6.17. The fraction of sp³-hybridized carbons (Fsp3) is 0.429. The number of aromatic nitrogens is 4. The maximum Gasteiger partial charge on any atom is 0.254 e. The number of carbonyl (C=O) groups excluding carboxylic acids is 2. The summed E-state index contributed by atoms with van der Waals surface area (Å²) in [6, 6.07) is 9.81. The second-order valence-electron chi connectivity index (χ2n) is 10.7. The number of benzene rings is 2. The Kier molecular flexibility index (Phi) is 5.56. The monoisotopic (exact) mass is 500 g/mol. The van der Waals surface area contributed by atoms with E-state index in [1.807, 2.05) is 57.0 Å². The third-order valence-electron chi connectivity index (χ3n) is 7.58. The quantitative estimate of drug-likeness (QED) is 0.450. The summed E-state index contributed by atoms with van der Waals surface area (Å²) in [6.07, 6.45) is 2.32. The maximum absolute atomic E-state index is 13.5. The minimum absolute atomic E-state index is 0.000439. The smallest absolute Gasteiger partial charge is 0.254 e. The van der Waals surface area contributed by atoms with Gasteiger partial charge in [-0.3, -0.25) is 9.59 Å². The Labute approximate surface area is 215 Å². The molecule has 1 aliphatic heterocycles. The van der Waals surface area contributed by atoms with Crippen molar-refractivity contribution in [2.24, 2.45) is 18.7 Å². The third-order valence-corrected chi connectivity index (χ3v) is 7.58. The van der Waals surface area contributed by atoms with Gasteiger partial charge in [0.25, 0.3) is 11.8 Å². The van der Waals surface area contributed by atoms with Gasteiger partial charge < -0.3 is 19.9 Å². The summed E-state index contributed by atoms with van der Waals surface area (Å²) in [5.74, 6) is 0.0784. The summed E-state index contributed by atoms with van der Waals surface area (Å²) in [4.78, 5) is 28.2. The van der Waals surface area contributed by atoms with Gasteiger partial charge in [-0.1, -0.05) is 11.3 Å². The molecule has 0 spiro atoms. The average molecular weight is 501 g/mol. The molecule has 1 aliphatic carbocycles. The van der Waals surface area contributed by atoms with Gasteiger partial charge in [-0.2, -0.15) is 0 Å².